The van der Waals surface area contributed by atoms with Crippen LogP contribution in [0.25, 0.3) is 0 Å². The molecular weight excluding hydrogens is 316 g/mol. The molecule has 6 nitrogen and oxygen atoms in total. The van der Waals surface area contributed by atoms with Crippen molar-refractivity contribution in [1.82, 2.24) is 20.5 Å². The Morgan fingerprint density at radius 3 is 2.40 bits per heavy atom. The minimum absolute atomic E-state index is 0.136. The van der Waals surface area contributed by atoms with Crippen molar-refractivity contribution in [1.29, 1.82) is 0 Å². The Labute approximate surface area is 148 Å². The van der Waals surface area contributed by atoms with Crippen molar-refractivity contribution in [3.05, 3.63) is 65.5 Å². The minimum atomic E-state index is -0.206. The molecule has 1 aromatic carbocycles. The highest BCUT2D eigenvalue weighted by Crippen LogP contribution is 2.15. The first-order chi connectivity index (χ1) is 12.0. The molecule has 0 saturated heterocycles. The van der Waals surface area contributed by atoms with Crippen LogP contribution in [0.15, 0.2) is 48.7 Å². The smallest absolute Gasteiger partial charge is 0.317 e. The summed E-state index contributed by atoms with van der Waals surface area (Å²) in [6, 6.07) is 12.6. The van der Waals surface area contributed by atoms with Crippen molar-refractivity contribution in [2.45, 2.75) is 19.9 Å². The van der Waals surface area contributed by atoms with E-state index in [4.69, 9.17) is 0 Å². The lowest BCUT2D eigenvalue weighted by atomic mass is 10.1. The van der Waals surface area contributed by atoms with E-state index in [1.54, 1.807) is 30.3 Å². The van der Waals surface area contributed by atoms with Crippen LogP contribution in [0.4, 0.5) is 4.79 Å². The molecule has 2 N–H and O–H groups in total. The Morgan fingerprint density at radius 1 is 1.08 bits per heavy atom. The molecule has 1 atom stereocenters. The Balaban J connectivity index is 1.74. The standard InChI is InChI=1S/C19H24N4O2/c1-14-7-9-16(10-8-14)18(24)21-12-13-22-19(25)23(3)15(2)17-6-4-5-11-20-17/h4-11,15H,12-13H2,1-3H3,(H,21,24)(H,22,25)/t15-/m0/s1. The van der Waals surface area contributed by atoms with E-state index < -0.39 is 0 Å². The van der Waals surface area contributed by atoms with Crippen LogP contribution in [-0.4, -0.2) is 42.0 Å². The fourth-order valence-corrected chi connectivity index (χ4v) is 2.27. The zero-order valence-corrected chi connectivity index (χ0v) is 14.8. The van der Waals surface area contributed by atoms with Gasteiger partial charge in [-0.3, -0.25) is 9.78 Å². The third-order valence-corrected chi connectivity index (χ3v) is 4.02. The van der Waals surface area contributed by atoms with E-state index in [1.807, 2.05) is 44.2 Å². The van der Waals surface area contributed by atoms with E-state index in [-0.39, 0.29) is 18.0 Å². The molecule has 0 unspecified atom stereocenters. The second-order valence-electron chi connectivity index (χ2n) is 5.90. The van der Waals surface area contributed by atoms with Gasteiger partial charge in [0, 0.05) is 31.9 Å². The number of carbonyl (C=O) groups excluding carboxylic acids is 2. The van der Waals surface area contributed by atoms with E-state index in [9.17, 15) is 9.59 Å². The number of carbonyl (C=O) groups is 2. The largest absolute Gasteiger partial charge is 0.350 e. The first kappa shape index (κ1) is 18.4. The van der Waals surface area contributed by atoms with E-state index in [2.05, 4.69) is 15.6 Å². The second kappa shape index (κ2) is 8.82. The van der Waals surface area contributed by atoms with Gasteiger partial charge in [0.25, 0.3) is 5.91 Å². The maximum atomic E-state index is 12.2. The number of amides is 3. The van der Waals surface area contributed by atoms with Crippen molar-refractivity contribution in [3.63, 3.8) is 0 Å². The molecule has 1 heterocycles. The number of hydrogen-bond acceptors (Lipinski definition) is 3. The number of urea groups is 1. The molecule has 0 saturated carbocycles. The van der Waals surface area contributed by atoms with Crippen molar-refractivity contribution in [2.75, 3.05) is 20.1 Å². The van der Waals surface area contributed by atoms with Gasteiger partial charge in [-0.2, -0.15) is 0 Å². The quantitative estimate of drug-likeness (QED) is 0.794. The molecule has 0 fully saturated rings. The summed E-state index contributed by atoms with van der Waals surface area (Å²) in [7, 11) is 1.72. The van der Waals surface area contributed by atoms with Gasteiger partial charge in [-0.1, -0.05) is 23.8 Å². The lowest BCUT2D eigenvalue weighted by Gasteiger charge is -2.24. The third-order valence-electron chi connectivity index (χ3n) is 4.02. The van der Waals surface area contributed by atoms with E-state index in [0.717, 1.165) is 11.3 Å². The van der Waals surface area contributed by atoms with Crippen LogP contribution in [0.2, 0.25) is 0 Å². The topological polar surface area (TPSA) is 74.3 Å². The van der Waals surface area contributed by atoms with Gasteiger partial charge < -0.3 is 15.5 Å². The van der Waals surface area contributed by atoms with Gasteiger partial charge in [-0.15, -0.1) is 0 Å². The molecule has 25 heavy (non-hydrogen) atoms. The fraction of sp³-hybridized carbons (Fsp3) is 0.316. The van der Waals surface area contributed by atoms with Gasteiger partial charge in [0.15, 0.2) is 0 Å². The lowest BCUT2D eigenvalue weighted by Crippen LogP contribution is -2.42. The minimum Gasteiger partial charge on any atom is -0.350 e. The van der Waals surface area contributed by atoms with Crippen LogP contribution in [0.5, 0.6) is 0 Å². The normalized spacial score (nSPS) is 11.5. The van der Waals surface area contributed by atoms with Gasteiger partial charge in [0.2, 0.25) is 0 Å². The lowest BCUT2D eigenvalue weighted by molar-refractivity contribution is 0.0953. The van der Waals surface area contributed by atoms with E-state index in [1.165, 1.54) is 0 Å². The van der Waals surface area contributed by atoms with E-state index >= 15 is 0 Å². The molecule has 6 heteroatoms. The van der Waals surface area contributed by atoms with Gasteiger partial charge >= 0.3 is 6.03 Å². The molecule has 2 rings (SSSR count). The predicted octanol–water partition coefficient (Wildman–Crippen LogP) is 2.52. The summed E-state index contributed by atoms with van der Waals surface area (Å²) < 4.78 is 0. The summed E-state index contributed by atoms with van der Waals surface area (Å²) in [6.45, 7) is 4.61. The zero-order valence-electron chi connectivity index (χ0n) is 14.8. The van der Waals surface area contributed by atoms with Crippen LogP contribution in [0.1, 0.15) is 34.6 Å². The molecule has 2 aromatic rings. The van der Waals surface area contributed by atoms with Gasteiger partial charge in [-0.25, -0.2) is 4.79 Å². The Morgan fingerprint density at radius 2 is 1.76 bits per heavy atom. The SMILES string of the molecule is Cc1ccc(C(=O)NCCNC(=O)N(C)[C@@H](C)c2ccccn2)cc1. The Hall–Kier alpha value is -2.89. The number of aryl methyl sites for hydroxylation is 1. The average molecular weight is 340 g/mol. The molecule has 1 aromatic heterocycles. The number of hydrogen-bond donors (Lipinski definition) is 2. The molecule has 0 aliphatic heterocycles. The molecule has 0 radical (unpaired) electrons. The van der Waals surface area contributed by atoms with Crippen LogP contribution in [0.3, 0.4) is 0 Å². The van der Waals surface area contributed by atoms with E-state index in [0.29, 0.717) is 18.7 Å². The molecule has 0 aliphatic rings. The summed E-state index contributed by atoms with van der Waals surface area (Å²) in [5.41, 5.74) is 2.54. The van der Waals surface area contributed by atoms with Gasteiger partial charge in [0.05, 0.1) is 11.7 Å². The summed E-state index contributed by atoms with van der Waals surface area (Å²) >= 11 is 0. The average Bonchev–Trinajstić information content (AvgIpc) is 2.65. The monoisotopic (exact) mass is 340 g/mol. The van der Waals surface area contributed by atoms with Crippen molar-refractivity contribution in [2.24, 2.45) is 0 Å². The molecular formula is C19H24N4O2. The zero-order chi connectivity index (χ0) is 18.2. The highest BCUT2D eigenvalue weighted by Gasteiger charge is 2.17. The second-order valence-corrected chi connectivity index (χ2v) is 5.90. The molecule has 0 aliphatic carbocycles. The predicted molar refractivity (Wildman–Crippen MR) is 97.3 cm³/mol. The molecule has 3 amide bonds. The van der Waals surface area contributed by atoms with Crippen LogP contribution in [-0.2, 0) is 0 Å². The maximum absolute atomic E-state index is 12.2. The summed E-state index contributed by atoms with van der Waals surface area (Å²) in [5, 5.41) is 5.58. The van der Waals surface area contributed by atoms with Crippen molar-refractivity contribution < 1.29 is 9.59 Å². The van der Waals surface area contributed by atoms with Gasteiger partial charge in [-0.05, 0) is 38.1 Å². The number of nitrogens with zero attached hydrogens (tertiary/aromatic N) is 2. The molecule has 0 spiro atoms. The van der Waals surface area contributed by atoms with Crippen LogP contribution in [0, 0.1) is 6.92 Å². The molecule has 132 valence electrons. The Bertz CT molecular complexity index is 701. The summed E-state index contributed by atoms with van der Waals surface area (Å²) in [6.07, 6.45) is 1.71. The maximum Gasteiger partial charge on any atom is 0.317 e. The first-order valence-corrected chi connectivity index (χ1v) is 8.25. The highest BCUT2D eigenvalue weighted by molar-refractivity contribution is 5.94. The summed E-state index contributed by atoms with van der Waals surface area (Å²) in [4.78, 5) is 30.0. The van der Waals surface area contributed by atoms with Crippen LogP contribution >= 0.6 is 0 Å². The number of benzene rings is 1. The van der Waals surface area contributed by atoms with Crippen molar-refractivity contribution >= 4 is 11.9 Å². The number of aromatic nitrogens is 1. The Kier molecular flexibility index (Phi) is 6.51. The number of nitrogens with one attached hydrogen (secondary N) is 2. The van der Waals surface area contributed by atoms with Crippen LogP contribution < -0.4 is 10.6 Å². The molecule has 0 bridgehead atoms. The number of pyridine rings is 1. The number of rotatable bonds is 6. The van der Waals surface area contributed by atoms with Gasteiger partial charge in [0.1, 0.15) is 0 Å². The van der Waals surface area contributed by atoms with Crippen molar-refractivity contribution in [3.8, 4) is 0 Å². The highest BCUT2D eigenvalue weighted by atomic mass is 16.2. The third kappa shape index (κ3) is 5.31. The first-order valence-electron chi connectivity index (χ1n) is 8.25. The fourth-order valence-electron chi connectivity index (χ4n) is 2.27. The summed E-state index contributed by atoms with van der Waals surface area (Å²) in [5.74, 6) is -0.149.